The minimum Gasteiger partial charge on any atom is -0.261 e. The molecule has 0 amide bonds. The molecule has 0 aliphatic rings. The van der Waals surface area contributed by atoms with Gasteiger partial charge < -0.3 is 0 Å². The molecule has 1 heterocycles. The Labute approximate surface area is 168 Å². The van der Waals surface area contributed by atoms with Gasteiger partial charge in [0.05, 0.1) is 0 Å². The summed E-state index contributed by atoms with van der Waals surface area (Å²) in [5.41, 5.74) is 2.49. The number of rotatable bonds is 6. The lowest BCUT2D eigenvalue weighted by atomic mass is 9.97. The van der Waals surface area contributed by atoms with Gasteiger partial charge >= 0.3 is 0 Å². The Kier molecular flexibility index (Phi) is 5.49. The van der Waals surface area contributed by atoms with Crippen molar-refractivity contribution in [2.24, 2.45) is 0 Å². The Morgan fingerprint density at radius 3 is 1.64 bits per heavy atom. The Balaban J connectivity index is 1.84. The van der Waals surface area contributed by atoms with E-state index in [-0.39, 0.29) is 5.92 Å². The molecule has 4 aromatic rings. The summed E-state index contributed by atoms with van der Waals surface area (Å²) in [5, 5.41) is 2.94. The fourth-order valence-electron chi connectivity index (χ4n) is 4.08. The van der Waals surface area contributed by atoms with Gasteiger partial charge in [0.15, 0.2) is 0 Å². The number of pyridine rings is 1. The van der Waals surface area contributed by atoms with E-state index in [1.165, 1.54) is 15.9 Å². The van der Waals surface area contributed by atoms with Crippen LogP contribution in [-0.4, -0.2) is 13.1 Å². The van der Waals surface area contributed by atoms with Crippen LogP contribution in [0.25, 0.3) is 0 Å². The average Bonchev–Trinajstić information content (AvgIpc) is 2.80. The molecule has 1 aromatic heterocycles. The van der Waals surface area contributed by atoms with E-state index in [9.17, 15) is 0 Å². The second kappa shape index (κ2) is 8.36. The second-order valence-electron chi connectivity index (χ2n) is 7.49. The third-order valence-corrected chi connectivity index (χ3v) is 10.1. The maximum atomic E-state index is 4.75. The molecule has 0 fully saturated rings. The predicted molar refractivity (Wildman–Crippen MR) is 121 cm³/mol. The molecule has 0 N–H and O–H groups in total. The van der Waals surface area contributed by atoms with E-state index in [0.29, 0.717) is 0 Å². The highest BCUT2D eigenvalue weighted by Gasteiger charge is 2.35. The minimum atomic E-state index is -1.97. The van der Waals surface area contributed by atoms with Gasteiger partial charge in [-0.2, -0.15) is 0 Å². The second-order valence-corrected chi connectivity index (χ2v) is 11.7. The zero-order valence-corrected chi connectivity index (χ0v) is 17.2. The summed E-state index contributed by atoms with van der Waals surface area (Å²) in [6.45, 7) is 2.50. The molecule has 1 nitrogen and oxygen atoms in total. The first-order valence-electron chi connectivity index (χ1n) is 9.84. The van der Waals surface area contributed by atoms with Gasteiger partial charge in [0, 0.05) is 17.8 Å². The lowest BCUT2D eigenvalue weighted by Crippen LogP contribution is -2.56. The average molecular weight is 380 g/mol. The number of benzene rings is 3. The highest BCUT2D eigenvalue weighted by Crippen LogP contribution is 2.32. The van der Waals surface area contributed by atoms with Gasteiger partial charge in [-0.1, -0.05) is 114 Å². The molecule has 1 atom stereocenters. The van der Waals surface area contributed by atoms with E-state index >= 15 is 0 Å². The molecular formula is C26H25NSi. The van der Waals surface area contributed by atoms with E-state index in [1.807, 2.05) is 12.3 Å². The number of hydrogen-bond donors (Lipinski definition) is 0. The Morgan fingerprint density at radius 1 is 0.643 bits per heavy atom. The molecule has 0 aliphatic heterocycles. The standard InChI is InChI=1S/C26H25NSi/c1-28(23-15-7-3-8-16-23,24-17-9-4-10-18-24)21-25(22-13-5-2-6-14-22)26-19-11-12-20-27-26/h2-20,25H,21H2,1H3/t25-/m0/s1. The molecule has 2 heteroatoms. The van der Waals surface area contributed by atoms with Gasteiger partial charge in [-0.15, -0.1) is 0 Å². The van der Waals surface area contributed by atoms with E-state index in [0.717, 1.165) is 11.7 Å². The molecule has 0 saturated carbocycles. The minimum absolute atomic E-state index is 0.277. The predicted octanol–water partition coefficient (Wildman–Crippen LogP) is 5.11. The van der Waals surface area contributed by atoms with Crippen molar-refractivity contribution in [1.29, 1.82) is 0 Å². The first-order chi connectivity index (χ1) is 13.8. The Morgan fingerprint density at radius 2 is 1.14 bits per heavy atom. The first kappa shape index (κ1) is 18.4. The van der Waals surface area contributed by atoms with Gasteiger partial charge in [-0.25, -0.2) is 0 Å². The lowest BCUT2D eigenvalue weighted by Gasteiger charge is -2.33. The molecule has 0 unspecified atom stereocenters. The fourth-order valence-corrected chi connectivity index (χ4v) is 8.01. The Bertz CT molecular complexity index is 907. The van der Waals surface area contributed by atoms with Crippen LogP contribution in [0.1, 0.15) is 17.2 Å². The van der Waals surface area contributed by atoms with Crippen molar-refractivity contribution in [2.45, 2.75) is 18.5 Å². The summed E-state index contributed by atoms with van der Waals surface area (Å²) in [6, 6.07) is 40.3. The third-order valence-electron chi connectivity index (χ3n) is 5.68. The summed E-state index contributed by atoms with van der Waals surface area (Å²) in [6.07, 6.45) is 1.91. The highest BCUT2D eigenvalue weighted by molar-refractivity contribution is 7.01. The van der Waals surface area contributed by atoms with Crippen molar-refractivity contribution >= 4 is 18.4 Å². The van der Waals surface area contributed by atoms with Crippen molar-refractivity contribution in [3.63, 3.8) is 0 Å². The molecule has 0 bridgehead atoms. The van der Waals surface area contributed by atoms with Crippen LogP contribution < -0.4 is 10.4 Å². The maximum Gasteiger partial charge on any atom is 0.116 e. The summed E-state index contributed by atoms with van der Waals surface area (Å²) >= 11 is 0. The molecule has 4 rings (SSSR count). The first-order valence-corrected chi connectivity index (χ1v) is 12.5. The van der Waals surface area contributed by atoms with Crippen LogP contribution in [-0.2, 0) is 0 Å². The van der Waals surface area contributed by atoms with E-state index in [4.69, 9.17) is 4.98 Å². The topological polar surface area (TPSA) is 12.9 Å². The molecule has 0 spiro atoms. The SMILES string of the molecule is C[Si](C[C@@H](c1ccccc1)c1ccccn1)(c1ccccc1)c1ccccc1. The van der Waals surface area contributed by atoms with Crippen LogP contribution in [0.15, 0.2) is 115 Å². The van der Waals surface area contributed by atoms with Gasteiger partial charge in [-0.05, 0) is 23.7 Å². The molecule has 0 aliphatic carbocycles. The van der Waals surface area contributed by atoms with E-state index < -0.39 is 8.07 Å². The van der Waals surface area contributed by atoms with Crippen molar-refractivity contribution < 1.29 is 0 Å². The van der Waals surface area contributed by atoms with E-state index in [2.05, 4.69) is 110 Å². The molecule has 3 aromatic carbocycles. The third kappa shape index (κ3) is 3.83. The van der Waals surface area contributed by atoms with Crippen LogP contribution in [0.2, 0.25) is 12.6 Å². The van der Waals surface area contributed by atoms with Crippen molar-refractivity contribution in [2.75, 3.05) is 0 Å². The van der Waals surface area contributed by atoms with Gasteiger partial charge in [0.2, 0.25) is 0 Å². The quantitative estimate of drug-likeness (QED) is 0.424. The zero-order valence-electron chi connectivity index (χ0n) is 16.2. The summed E-state index contributed by atoms with van der Waals surface area (Å²) in [4.78, 5) is 4.75. The fraction of sp³-hybridized carbons (Fsp3) is 0.115. The van der Waals surface area contributed by atoms with Gasteiger partial charge in [0.25, 0.3) is 0 Å². The van der Waals surface area contributed by atoms with Gasteiger partial charge in [0.1, 0.15) is 8.07 Å². The molecule has 28 heavy (non-hydrogen) atoms. The number of nitrogens with zero attached hydrogens (tertiary/aromatic N) is 1. The van der Waals surface area contributed by atoms with Gasteiger partial charge in [-0.3, -0.25) is 4.98 Å². The monoisotopic (exact) mass is 379 g/mol. The zero-order chi connectivity index (χ0) is 19.2. The molecule has 0 saturated heterocycles. The maximum absolute atomic E-state index is 4.75. The van der Waals surface area contributed by atoms with Crippen LogP contribution in [0.3, 0.4) is 0 Å². The molecular weight excluding hydrogens is 354 g/mol. The summed E-state index contributed by atoms with van der Waals surface area (Å²) < 4.78 is 0. The van der Waals surface area contributed by atoms with Crippen LogP contribution in [0, 0.1) is 0 Å². The number of hydrogen-bond acceptors (Lipinski definition) is 1. The number of aromatic nitrogens is 1. The van der Waals surface area contributed by atoms with Crippen LogP contribution >= 0.6 is 0 Å². The van der Waals surface area contributed by atoms with Crippen LogP contribution in [0.4, 0.5) is 0 Å². The highest BCUT2D eigenvalue weighted by atomic mass is 28.3. The smallest absolute Gasteiger partial charge is 0.116 e. The normalized spacial score (nSPS) is 12.5. The molecule has 0 radical (unpaired) electrons. The van der Waals surface area contributed by atoms with E-state index in [1.54, 1.807) is 0 Å². The van der Waals surface area contributed by atoms with Crippen molar-refractivity contribution in [1.82, 2.24) is 4.98 Å². The van der Waals surface area contributed by atoms with Crippen LogP contribution in [0.5, 0.6) is 0 Å². The van der Waals surface area contributed by atoms with Crippen molar-refractivity contribution in [3.8, 4) is 0 Å². The summed E-state index contributed by atoms with van der Waals surface area (Å²) in [5.74, 6) is 0.277. The molecule has 138 valence electrons. The lowest BCUT2D eigenvalue weighted by molar-refractivity contribution is 0.857. The largest absolute Gasteiger partial charge is 0.261 e. The summed E-state index contributed by atoms with van der Waals surface area (Å²) in [7, 11) is -1.97. The Hall–Kier alpha value is -2.97. The van der Waals surface area contributed by atoms with Crippen molar-refractivity contribution in [3.05, 3.63) is 127 Å².